The van der Waals surface area contributed by atoms with Gasteiger partial charge in [0.1, 0.15) is 0 Å². The molecule has 202 valence electrons. The minimum atomic E-state index is -0.963. The lowest BCUT2D eigenvalue weighted by Gasteiger charge is -2.64. The van der Waals surface area contributed by atoms with Crippen LogP contribution in [0.5, 0.6) is 0 Å². The molecule has 0 bridgehead atoms. The number of hydrogen-bond donors (Lipinski definition) is 2. The van der Waals surface area contributed by atoms with Gasteiger partial charge < -0.3 is 24.4 Å². The van der Waals surface area contributed by atoms with Crippen molar-refractivity contribution in [1.29, 1.82) is 0 Å². The van der Waals surface area contributed by atoms with Crippen LogP contribution in [0.15, 0.2) is 30.3 Å². The summed E-state index contributed by atoms with van der Waals surface area (Å²) in [7, 11) is 0. The molecule has 5 rings (SSSR count). The number of rotatable bonds is 8. The highest BCUT2D eigenvalue weighted by Gasteiger charge is 2.72. The maximum absolute atomic E-state index is 12.5. The fourth-order valence-electron chi connectivity index (χ4n) is 9.26. The topological polar surface area (TPSA) is 68.2 Å². The first-order valence-corrected chi connectivity index (χ1v) is 14.6. The van der Waals surface area contributed by atoms with Crippen LogP contribution in [0.1, 0.15) is 91.0 Å². The number of ether oxygens (including phenoxy) is 3. The largest absolute Gasteiger partial charge is 0.389 e. The van der Waals surface area contributed by atoms with E-state index >= 15 is 0 Å². The molecule has 0 aromatic heterocycles. The zero-order valence-corrected chi connectivity index (χ0v) is 22.9. The molecule has 36 heavy (non-hydrogen) atoms. The Bertz CT molecular complexity index is 886. The Kier molecular flexibility index (Phi) is 7.37. The molecular weight excluding hydrogens is 452 g/mol. The molecule has 0 saturated heterocycles. The second kappa shape index (κ2) is 9.96. The van der Waals surface area contributed by atoms with Crippen LogP contribution in [0, 0.1) is 28.6 Å². The third kappa shape index (κ3) is 4.00. The monoisotopic (exact) mass is 500 g/mol. The van der Waals surface area contributed by atoms with Gasteiger partial charge in [-0.2, -0.15) is 0 Å². The van der Waals surface area contributed by atoms with Crippen LogP contribution in [-0.2, 0) is 19.8 Å². The quantitative estimate of drug-likeness (QED) is 0.441. The maximum atomic E-state index is 12.5. The van der Waals surface area contributed by atoms with E-state index in [9.17, 15) is 10.2 Å². The summed E-state index contributed by atoms with van der Waals surface area (Å²) in [6.07, 6.45) is 8.77. The second-order valence-electron chi connectivity index (χ2n) is 12.6. The highest BCUT2D eigenvalue weighted by Crippen LogP contribution is 2.71. The fourth-order valence-corrected chi connectivity index (χ4v) is 9.26. The molecule has 1 aromatic carbocycles. The molecule has 0 aliphatic heterocycles. The molecule has 0 amide bonds. The van der Waals surface area contributed by atoms with Gasteiger partial charge in [-0.15, -0.1) is 0 Å². The molecule has 2 N–H and O–H groups in total. The van der Waals surface area contributed by atoms with E-state index in [1.54, 1.807) is 0 Å². The Morgan fingerprint density at radius 1 is 0.861 bits per heavy atom. The summed E-state index contributed by atoms with van der Waals surface area (Å²) in [6, 6.07) is 10.1. The van der Waals surface area contributed by atoms with Gasteiger partial charge in [0, 0.05) is 18.6 Å². The Morgan fingerprint density at radius 2 is 1.58 bits per heavy atom. The minimum Gasteiger partial charge on any atom is -0.389 e. The van der Waals surface area contributed by atoms with Crippen LogP contribution in [0.2, 0.25) is 0 Å². The minimum absolute atomic E-state index is 0.229. The molecule has 5 nitrogen and oxygen atoms in total. The lowest BCUT2D eigenvalue weighted by Crippen LogP contribution is -2.64. The number of aliphatic hydroxyl groups is 2. The zero-order chi connectivity index (χ0) is 25.6. The summed E-state index contributed by atoms with van der Waals surface area (Å²) in [6.45, 7) is 10.4. The maximum Gasteiger partial charge on any atom is 0.180 e. The van der Waals surface area contributed by atoms with Crippen molar-refractivity contribution < 1.29 is 24.4 Å². The highest BCUT2D eigenvalue weighted by molar-refractivity contribution is 5.32. The van der Waals surface area contributed by atoms with Crippen LogP contribution >= 0.6 is 0 Å². The molecule has 0 heterocycles. The van der Waals surface area contributed by atoms with Crippen molar-refractivity contribution in [2.75, 3.05) is 19.8 Å². The molecular formula is C31H48O5. The number of benzene rings is 1. The first-order valence-electron chi connectivity index (χ1n) is 14.6. The van der Waals surface area contributed by atoms with Crippen molar-refractivity contribution in [3.63, 3.8) is 0 Å². The van der Waals surface area contributed by atoms with Crippen LogP contribution in [-0.4, -0.2) is 48.0 Å². The van der Waals surface area contributed by atoms with E-state index in [1.165, 1.54) is 0 Å². The SMILES string of the molecule is CCOC(CO[C@H]1CC[C@@]2(C)[C@H](CC[C@@H]3[C@@H]2CC[C@]2(C)[C@@](O)(c4ccccc4)CC[C@]32O)C1)OCC. The van der Waals surface area contributed by atoms with Crippen LogP contribution < -0.4 is 0 Å². The Morgan fingerprint density at radius 3 is 2.28 bits per heavy atom. The van der Waals surface area contributed by atoms with Gasteiger partial charge in [0.25, 0.3) is 0 Å². The first kappa shape index (κ1) is 26.6. The summed E-state index contributed by atoms with van der Waals surface area (Å²) in [5.74, 6) is 1.39. The smallest absolute Gasteiger partial charge is 0.180 e. The lowest BCUT2D eigenvalue weighted by molar-refractivity contribution is -0.241. The van der Waals surface area contributed by atoms with E-state index in [0.29, 0.717) is 44.5 Å². The highest BCUT2D eigenvalue weighted by atomic mass is 16.7. The molecule has 0 unspecified atom stereocenters. The van der Waals surface area contributed by atoms with Gasteiger partial charge in [-0.3, -0.25) is 0 Å². The van der Waals surface area contributed by atoms with Gasteiger partial charge in [0.05, 0.1) is 23.9 Å². The van der Waals surface area contributed by atoms with Crippen molar-refractivity contribution in [1.82, 2.24) is 0 Å². The van der Waals surface area contributed by atoms with Gasteiger partial charge in [0.2, 0.25) is 0 Å². The first-order chi connectivity index (χ1) is 17.2. The van der Waals surface area contributed by atoms with Crippen molar-refractivity contribution in [2.45, 2.75) is 109 Å². The summed E-state index contributed by atoms with van der Waals surface area (Å²) < 4.78 is 17.7. The van der Waals surface area contributed by atoms with Crippen molar-refractivity contribution in [3.05, 3.63) is 35.9 Å². The van der Waals surface area contributed by atoms with E-state index in [4.69, 9.17) is 14.2 Å². The Balaban J connectivity index is 1.30. The predicted octanol–water partition coefficient (Wildman–Crippen LogP) is 5.82. The van der Waals surface area contributed by atoms with E-state index < -0.39 is 16.6 Å². The van der Waals surface area contributed by atoms with E-state index in [2.05, 4.69) is 13.8 Å². The average molecular weight is 501 g/mol. The van der Waals surface area contributed by atoms with Gasteiger partial charge in [-0.1, -0.05) is 44.2 Å². The predicted molar refractivity (Wildman–Crippen MR) is 140 cm³/mol. The molecule has 0 radical (unpaired) electrons. The standard InChI is InChI=1S/C31H48O5/c1-5-34-27(35-6-2)21-36-24-14-16-28(3)23(20-24)12-13-26-25(28)15-17-29(4)30(32,18-19-31(26,29)33)22-10-8-7-9-11-22/h7-11,23-27,32-33H,5-6,12-21H2,1-4H3/t23-,24+,25+,26-,28+,29-,30+,31+/m1/s1. The van der Waals surface area contributed by atoms with Crippen molar-refractivity contribution in [2.24, 2.45) is 28.6 Å². The normalized spacial score (nSPS) is 44.2. The van der Waals surface area contributed by atoms with Crippen LogP contribution in [0.3, 0.4) is 0 Å². The molecule has 5 heteroatoms. The molecule has 1 aromatic rings. The van der Waals surface area contributed by atoms with Crippen LogP contribution in [0.25, 0.3) is 0 Å². The second-order valence-corrected chi connectivity index (χ2v) is 12.6. The van der Waals surface area contributed by atoms with E-state index in [1.807, 2.05) is 44.2 Å². The third-order valence-electron chi connectivity index (χ3n) is 11.4. The number of hydrogen-bond acceptors (Lipinski definition) is 5. The van der Waals surface area contributed by atoms with Crippen molar-refractivity contribution >= 4 is 0 Å². The van der Waals surface area contributed by atoms with Crippen LogP contribution in [0.4, 0.5) is 0 Å². The van der Waals surface area contributed by atoms with Gasteiger partial charge in [-0.25, -0.2) is 0 Å². The summed E-state index contributed by atoms with van der Waals surface area (Å²) >= 11 is 0. The van der Waals surface area contributed by atoms with Gasteiger partial charge >= 0.3 is 0 Å². The molecule has 4 fully saturated rings. The molecule has 4 aliphatic rings. The molecule has 8 atom stereocenters. The summed E-state index contributed by atoms with van der Waals surface area (Å²) in [5, 5.41) is 24.5. The number of fused-ring (bicyclic) bond motifs is 5. The Hall–Kier alpha value is -0.980. The molecule has 4 saturated carbocycles. The van der Waals surface area contributed by atoms with E-state index in [-0.39, 0.29) is 23.7 Å². The third-order valence-corrected chi connectivity index (χ3v) is 11.4. The van der Waals surface area contributed by atoms with Gasteiger partial charge in [0.15, 0.2) is 6.29 Å². The van der Waals surface area contributed by atoms with Gasteiger partial charge in [-0.05, 0) is 100 Å². The summed E-state index contributed by atoms with van der Waals surface area (Å²) in [5.41, 5.74) is -1.10. The summed E-state index contributed by atoms with van der Waals surface area (Å²) in [4.78, 5) is 0. The Labute approximate surface area is 217 Å². The van der Waals surface area contributed by atoms with Crippen molar-refractivity contribution in [3.8, 4) is 0 Å². The molecule has 0 spiro atoms. The average Bonchev–Trinajstić information content (AvgIpc) is 3.10. The van der Waals surface area contributed by atoms with E-state index in [0.717, 1.165) is 50.5 Å². The molecule has 4 aliphatic carbocycles. The fraction of sp³-hybridized carbons (Fsp3) is 0.806. The lowest BCUT2D eigenvalue weighted by atomic mass is 9.43. The zero-order valence-electron chi connectivity index (χ0n) is 22.9.